The molecule has 0 saturated carbocycles. The molecule has 1 fully saturated rings. The molecule has 19 heavy (non-hydrogen) atoms. The molecule has 1 aliphatic heterocycles. The molecule has 0 radical (unpaired) electrons. The molecule has 6 heteroatoms. The molecule has 1 heterocycles. The SMILES string of the molecule is CCCN(CCC)C(=O)CCNC1CCS(=O)(=O)C1. The van der Waals surface area contributed by atoms with Gasteiger partial charge in [-0.25, -0.2) is 8.42 Å². The van der Waals surface area contributed by atoms with Gasteiger partial charge in [0.15, 0.2) is 9.84 Å². The predicted octanol–water partition coefficient (Wildman–Crippen LogP) is 0.802. The average Bonchev–Trinajstić information content (AvgIpc) is 2.68. The quantitative estimate of drug-likeness (QED) is 0.718. The molecule has 1 rings (SSSR count). The van der Waals surface area contributed by atoms with E-state index in [0.29, 0.717) is 19.4 Å². The second-order valence-electron chi connectivity index (χ2n) is 5.18. The summed E-state index contributed by atoms with van der Waals surface area (Å²) < 4.78 is 22.6. The Morgan fingerprint density at radius 2 is 1.89 bits per heavy atom. The van der Waals surface area contributed by atoms with Crippen molar-refractivity contribution in [3.8, 4) is 0 Å². The van der Waals surface area contributed by atoms with Crippen LogP contribution in [0.3, 0.4) is 0 Å². The van der Waals surface area contributed by atoms with Crippen LogP contribution >= 0.6 is 0 Å². The summed E-state index contributed by atoms with van der Waals surface area (Å²) in [6, 6.07) is 0.0311. The fourth-order valence-electron chi connectivity index (χ4n) is 2.40. The molecule has 5 nitrogen and oxygen atoms in total. The van der Waals surface area contributed by atoms with Crippen molar-refractivity contribution in [2.24, 2.45) is 0 Å². The average molecular weight is 290 g/mol. The van der Waals surface area contributed by atoms with Crippen LogP contribution in [0.15, 0.2) is 0 Å². The first-order valence-corrected chi connectivity index (χ1v) is 9.02. The monoisotopic (exact) mass is 290 g/mol. The Morgan fingerprint density at radius 1 is 1.26 bits per heavy atom. The van der Waals surface area contributed by atoms with Gasteiger partial charge in [0.05, 0.1) is 11.5 Å². The first kappa shape index (κ1) is 16.4. The third-order valence-electron chi connectivity index (χ3n) is 3.34. The number of rotatable bonds is 8. The lowest BCUT2D eigenvalue weighted by atomic mass is 10.2. The summed E-state index contributed by atoms with van der Waals surface area (Å²) in [5.74, 6) is 0.655. The van der Waals surface area contributed by atoms with Gasteiger partial charge in [0.2, 0.25) is 5.91 Å². The summed E-state index contributed by atoms with van der Waals surface area (Å²) in [4.78, 5) is 13.9. The van der Waals surface area contributed by atoms with E-state index in [2.05, 4.69) is 19.2 Å². The second kappa shape index (κ2) is 7.85. The lowest BCUT2D eigenvalue weighted by Crippen LogP contribution is -2.37. The van der Waals surface area contributed by atoms with Gasteiger partial charge in [-0.2, -0.15) is 0 Å². The maximum atomic E-state index is 12.0. The minimum Gasteiger partial charge on any atom is -0.343 e. The summed E-state index contributed by atoms with van der Waals surface area (Å²) >= 11 is 0. The minimum atomic E-state index is -2.84. The van der Waals surface area contributed by atoms with Gasteiger partial charge in [-0.05, 0) is 19.3 Å². The van der Waals surface area contributed by atoms with Crippen LogP contribution in [-0.2, 0) is 14.6 Å². The summed E-state index contributed by atoms with van der Waals surface area (Å²) in [6.07, 6.45) is 3.07. The molecule has 0 aromatic heterocycles. The van der Waals surface area contributed by atoms with Crippen molar-refractivity contribution in [1.82, 2.24) is 10.2 Å². The summed E-state index contributed by atoms with van der Waals surface area (Å²) in [6.45, 7) is 6.33. The lowest BCUT2D eigenvalue weighted by Gasteiger charge is -2.22. The molecule has 1 aliphatic rings. The molecule has 0 bridgehead atoms. The van der Waals surface area contributed by atoms with Crippen molar-refractivity contribution in [2.45, 2.75) is 45.6 Å². The Hall–Kier alpha value is -0.620. The molecule has 112 valence electrons. The van der Waals surface area contributed by atoms with E-state index in [-0.39, 0.29) is 23.5 Å². The largest absolute Gasteiger partial charge is 0.343 e. The summed E-state index contributed by atoms with van der Waals surface area (Å²) in [5.41, 5.74) is 0. The van der Waals surface area contributed by atoms with Crippen molar-refractivity contribution in [1.29, 1.82) is 0 Å². The van der Waals surface area contributed by atoms with Gasteiger partial charge >= 0.3 is 0 Å². The molecular weight excluding hydrogens is 264 g/mol. The third-order valence-corrected chi connectivity index (χ3v) is 5.11. The zero-order valence-corrected chi connectivity index (χ0v) is 12.8. The summed E-state index contributed by atoms with van der Waals surface area (Å²) in [7, 11) is -2.84. The van der Waals surface area contributed by atoms with Crippen molar-refractivity contribution < 1.29 is 13.2 Å². The van der Waals surface area contributed by atoms with E-state index in [0.717, 1.165) is 25.9 Å². The van der Waals surface area contributed by atoms with E-state index >= 15 is 0 Å². The number of nitrogens with zero attached hydrogens (tertiary/aromatic N) is 1. The number of carbonyl (C=O) groups is 1. The predicted molar refractivity (Wildman–Crippen MR) is 76.8 cm³/mol. The standard InChI is InChI=1S/C13H26N2O3S/c1-3-8-15(9-4-2)13(16)5-7-14-12-6-10-19(17,18)11-12/h12,14H,3-11H2,1-2H3. The van der Waals surface area contributed by atoms with Gasteiger partial charge in [-0.3, -0.25) is 4.79 Å². The van der Waals surface area contributed by atoms with Crippen LogP contribution < -0.4 is 5.32 Å². The second-order valence-corrected chi connectivity index (χ2v) is 7.41. The molecule has 0 aliphatic carbocycles. The highest BCUT2D eigenvalue weighted by atomic mass is 32.2. The zero-order valence-electron chi connectivity index (χ0n) is 12.0. The molecule has 0 aromatic rings. The van der Waals surface area contributed by atoms with Crippen LogP contribution in [0.1, 0.15) is 39.5 Å². The summed E-state index contributed by atoms with van der Waals surface area (Å²) in [5, 5.41) is 3.18. The van der Waals surface area contributed by atoms with Gasteiger partial charge < -0.3 is 10.2 Å². The maximum Gasteiger partial charge on any atom is 0.223 e. The Morgan fingerprint density at radius 3 is 2.37 bits per heavy atom. The fourth-order valence-corrected chi connectivity index (χ4v) is 4.11. The highest BCUT2D eigenvalue weighted by molar-refractivity contribution is 7.91. The van der Waals surface area contributed by atoms with Crippen molar-refractivity contribution >= 4 is 15.7 Å². The van der Waals surface area contributed by atoms with Crippen molar-refractivity contribution in [3.63, 3.8) is 0 Å². The van der Waals surface area contributed by atoms with Gasteiger partial charge in [0.25, 0.3) is 0 Å². The van der Waals surface area contributed by atoms with Crippen LogP contribution in [0.2, 0.25) is 0 Å². The Kier molecular flexibility index (Phi) is 6.79. The fraction of sp³-hybridized carbons (Fsp3) is 0.923. The van der Waals surface area contributed by atoms with Crippen LogP contribution in [0.5, 0.6) is 0 Å². The van der Waals surface area contributed by atoms with E-state index in [1.165, 1.54) is 0 Å². The topological polar surface area (TPSA) is 66.5 Å². The Balaban J connectivity index is 2.26. The van der Waals surface area contributed by atoms with E-state index in [4.69, 9.17) is 0 Å². The molecule has 1 N–H and O–H groups in total. The Bertz CT molecular complexity index is 375. The molecule has 1 amide bonds. The van der Waals surface area contributed by atoms with Gasteiger partial charge in [-0.1, -0.05) is 13.8 Å². The molecule has 0 aromatic carbocycles. The number of amides is 1. The highest BCUT2D eigenvalue weighted by Gasteiger charge is 2.27. The third kappa shape index (κ3) is 5.91. The van der Waals surface area contributed by atoms with Crippen molar-refractivity contribution in [3.05, 3.63) is 0 Å². The Labute approximate surface area is 116 Å². The van der Waals surface area contributed by atoms with Crippen LogP contribution in [-0.4, -0.2) is 56.4 Å². The van der Waals surface area contributed by atoms with Gasteiger partial charge in [-0.15, -0.1) is 0 Å². The first-order valence-electron chi connectivity index (χ1n) is 7.20. The van der Waals surface area contributed by atoms with Gasteiger partial charge in [0, 0.05) is 32.1 Å². The van der Waals surface area contributed by atoms with E-state index < -0.39 is 9.84 Å². The molecule has 1 unspecified atom stereocenters. The molecule has 1 saturated heterocycles. The minimum absolute atomic E-state index is 0.0311. The smallest absolute Gasteiger partial charge is 0.223 e. The van der Waals surface area contributed by atoms with Gasteiger partial charge in [0.1, 0.15) is 0 Å². The highest BCUT2D eigenvalue weighted by Crippen LogP contribution is 2.11. The molecule has 1 atom stereocenters. The number of hydrogen-bond acceptors (Lipinski definition) is 4. The molecule has 0 spiro atoms. The van der Waals surface area contributed by atoms with E-state index in [1.54, 1.807) is 0 Å². The van der Waals surface area contributed by atoms with Crippen molar-refractivity contribution in [2.75, 3.05) is 31.1 Å². The molecular formula is C13H26N2O3S. The first-order chi connectivity index (χ1) is 8.98. The van der Waals surface area contributed by atoms with Crippen LogP contribution in [0, 0.1) is 0 Å². The number of sulfone groups is 1. The van der Waals surface area contributed by atoms with Crippen LogP contribution in [0.4, 0.5) is 0 Å². The van der Waals surface area contributed by atoms with Crippen LogP contribution in [0.25, 0.3) is 0 Å². The zero-order chi connectivity index (χ0) is 14.3. The lowest BCUT2D eigenvalue weighted by molar-refractivity contribution is -0.131. The number of hydrogen-bond donors (Lipinski definition) is 1. The number of carbonyl (C=O) groups excluding carboxylic acids is 1. The van der Waals surface area contributed by atoms with E-state index in [1.807, 2.05) is 4.90 Å². The number of nitrogens with one attached hydrogen (secondary N) is 1. The van der Waals surface area contributed by atoms with E-state index in [9.17, 15) is 13.2 Å². The maximum absolute atomic E-state index is 12.0. The normalized spacial score (nSPS) is 21.5.